The Kier molecular flexibility index (Phi) is 3.07. The van der Waals surface area contributed by atoms with Crippen LogP contribution in [0.1, 0.15) is 25.5 Å². The topological polar surface area (TPSA) is 47.3 Å². The van der Waals surface area contributed by atoms with Crippen LogP contribution in [0.25, 0.3) is 0 Å². The van der Waals surface area contributed by atoms with Crippen LogP contribution in [0, 0.1) is 0 Å². The second-order valence-corrected chi connectivity index (χ2v) is 4.31. The molecule has 0 saturated carbocycles. The van der Waals surface area contributed by atoms with Crippen LogP contribution in [-0.4, -0.2) is 33.2 Å². The van der Waals surface area contributed by atoms with Gasteiger partial charge < -0.3 is 9.84 Å². The SMILES string of the molecule is CC1CCC(C(O)Cc2ccn(C)n2)O1. The number of aryl methyl sites for hydroxylation is 1. The second kappa shape index (κ2) is 4.33. The van der Waals surface area contributed by atoms with Crippen molar-refractivity contribution in [2.45, 2.75) is 44.5 Å². The molecule has 1 aliphatic heterocycles. The van der Waals surface area contributed by atoms with Gasteiger partial charge in [-0.25, -0.2) is 0 Å². The Balaban J connectivity index is 1.89. The zero-order valence-corrected chi connectivity index (χ0v) is 9.26. The van der Waals surface area contributed by atoms with Crippen molar-refractivity contribution < 1.29 is 9.84 Å². The average Bonchev–Trinajstić information content (AvgIpc) is 2.75. The van der Waals surface area contributed by atoms with Gasteiger partial charge in [-0.1, -0.05) is 0 Å². The van der Waals surface area contributed by atoms with Gasteiger partial charge in [0.2, 0.25) is 0 Å². The van der Waals surface area contributed by atoms with Crippen molar-refractivity contribution in [3.05, 3.63) is 18.0 Å². The van der Waals surface area contributed by atoms with E-state index in [-0.39, 0.29) is 12.2 Å². The largest absolute Gasteiger partial charge is 0.390 e. The predicted molar refractivity (Wildman–Crippen MR) is 56.5 cm³/mol. The molecule has 1 N–H and O–H groups in total. The van der Waals surface area contributed by atoms with E-state index in [4.69, 9.17) is 4.74 Å². The van der Waals surface area contributed by atoms with Crippen LogP contribution >= 0.6 is 0 Å². The summed E-state index contributed by atoms with van der Waals surface area (Å²) in [6, 6.07) is 1.93. The van der Waals surface area contributed by atoms with Crippen LogP contribution in [-0.2, 0) is 18.2 Å². The Morgan fingerprint density at radius 1 is 1.67 bits per heavy atom. The van der Waals surface area contributed by atoms with Crippen molar-refractivity contribution >= 4 is 0 Å². The van der Waals surface area contributed by atoms with E-state index in [0.29, 0.717) is 6.42 Å². The summed E-state index contributed by atoms with van der Waals surface area (Å²) in [4.78, 5) is 0. The summed E-state index contributed by atoms with van der Waals surface area (Å²) in [5, 5.41) is 14.2. The molecule has 2 rings (SSSR count). The fourth-order valence-corrected chi connectivity index (χ4v) is 2.03. The van der Waals surface area contributed by atoms with Crippen molar-refractivity contribution in [2.24, 2.45) is 7.05 Å². The van der Waals surface area contributed by atoms with Gasteiger partial charge in [0, 0.05) is 19.7 Å². The fraction of sp³-hybridized carbons (Fsp3) is 0.727. The molecule has 84 valence electrons. The lowest BCUT2D eigenvalue weighted by Gasteiger charge is -2.17. The normalized spacial score (nSPS) is 28.2. The fourth-order valence-electron chi connectivity index (χ4n) is 2.03. The van der Waals surface area contributed by atoms with E-state index in [2.05, 4.69) is 5.10 Å². The third kappa shape index (κ3) is 2.58. The molecule has 15 heavy (non-hydrogen) atoms. The Labute approximate surface area is 89.9 Å². The summed E-state index contributed by atoms with van der Waals surface area (Å²) in [6.45, 7) is 2.05. The summed E-state index contributed by atoms with van der Waals surface area (Å²) in [5.41, 5.74) is 0.924. The first-order chi connectivity index (χ1) is 7.15. The first-order valence-corrected chi connectivity index (χ1v) is 5.47. The number of hydrogen-bond acceptors (Lipinski definition) is 3. The highest BCUT2D eigenvalue weighted by Gasteiger charge is 2.28. The maximum atomic E-state index is 9.96. The molecular weight excluding hydrogens is 192 g/mol. The number of rotatable bonds is 3. The monoisotopic (exact) mass is 210 g/mol. The number of ether oxygens (including phenoxy) is 1. The van der Waals surface area contributed by atoms with Gasteiger partial charge in [0.05, 0.1) is 24.0 Å². The third-order valence-corrected chi connectivity index (χ3v) is 2.88. The van der Waals surface area contributed by atoms with Crippen LogP contribution in [0.3, 0.4) is 0 Å². The van der Waals surface area contributed by atoms with E-state index in [1.165, 1.54) is 0 Å². The number of aliphatic hydroxyl groups is 1. The first kappa shape index (κ1) is 10.6. The van der Waals surface area contributed by atoms with Gasteiger partial charge in [-0.15, -0.1) is 0 Å². The van der Waals surface area contributed by atoms with Crippen molar-refractivity contribution in [3.8, 4) is 0 Å². The van der Waals surface area contributed by atoms with Crippen molar-refractivity contribution in [3.63, 3.8) is 0 Å². The average molecular weight is 210 g/mol. The highest BCUT2D eigenvalue weighted by molar-refractivity contribution is 5.01. The smallest absolute Gasteiger partial charge is 0.0857 e. The third-order valence-electron chi connectivity index (χ3n) is 2.88. The summed E-state index contributed by atoms with van der Waals surface area (Å²) >= 11 is 0. The van der Waals surface area contributed by atoms with Gasteiger partial charge in [-0.3, -0.25) is 4.68 Å². The standard InChI is InChI=1S/C11H18N2O2/c1-8-3-4-11(15-8)10(14)7-9-5-6-13(2)12-9/h5-6,8,10-11,14H,3-4,7H2,1-2H3. The molecule has 1 saturated heterocycles. The van der Waals surface area contributed by atoms with E-state index in [0.717, 1.165) is 18.5 Å². The molecule has 3 unspecified atom stereocenters. The lowest BCUT2D eigenvalue weighted by molar-refractivity contribution is -0.0282. The van der Waals surface area contributed by atoms with Gasteiger partial charge in [0.25, 0.3) is 0 Å². The Hall–Kier alpha value is -0.870. The summed E-state index contributed by atoms with van der Waals surface area (Å²) in [5.74, 6) is 0. The van der Waals surface area contributed by atoms with E-state index in [1.54, 1.807) is 4.68 Å². The minimum absolute atomic E-state index is 0.0120. The van der Waals surface area contributed by atoms with Gasteiger partial charge in [0.1, 0.15) is 0 Å². The molecule has 2 heterocycles. The van der Waals surface area contributed by atoms with E-state index < -0.39 is 6.10 Å². The number of aromatic nitrogens is 2. The minimum atomic E-state index is -0.426. The van der Waals surface area contributed by atoms with Crippen LogP contribution in [0.15, 0.2) is 12.3 Å². The summed E-state index contributed by atoms with van der Waals surface area (Å²) in [7, 11) is 1.88. The maximum Gasteiger partial charge on any atom is 0.0857 e. The molecule has 1 aliphatic rings. The summed E-state index contributed by atoms with van der Waals surface area (Å²) < 4.78 is 7.37. The molecule has 0 amide bonds. The lowest BCUT2D eigenvalue weighted by Crippen LogP contribution is -2.28. The molecule has 0 aromatic carbocycles. The van der Waals surface area contributed by atoms with Gasteiger partial charge >= 0.3 is 0 Å². The molecule has 1 aromatic rings. The first-order valence-electron chi connectivity index (χ1n) is 5.47. The van der Waals surface area contributed by atoms with Gasteiger partial charge in [0.15, 0.2) is 0 Å². The second-order valence-electron chi connectivity index (χ2n) is 4.31. The molecular formula is C11H18N2O2. The highest BCUT2D eigenvalue weighted by atomic mass is 16.5. The quantitative estimate of drug-likeness (QED) is 0.806. The molecule has 4 nitrogen and oxygen atoms in total. The molecule has 0 radical (unpaired) electrons. The minimum Gasteiger partial charge on any atom is -0.390 e. The Morgan fingerprint density at radius 3 is 3.00 bits per heavy atom. The maximum absolute atomic E-state index is 9.96. The highest BCUT2D eigenvalue weighted by Crippen LogP contribution is 2.23. The van der Waals surface area contributed by atoms with Crippen molar-refractivity contribution in [1.82, 2.24) is 9.78 Å². The van der Waals surface area contributed by atoms with Crippen LogP contribution in [0.4, 0.5) is 0 Å². The number of nitrogens with zero attached hydrogens (tertiary/aromatic N) is 2. The lowest BCUT2D eigenvalue weighted by atomic mass is 10.1. The van der Waals surface area contributed by atoms with Crippen molar-refractivity contribution in [1.29, 1.82) is 0 Å². The summed E-state index contributed by atoms with van der Waals surface area (Å²) in [6.07, 6.45) is 4.32. The molecule has 4 heteroatoms. The molecule has 0 spiro atoms. The van der Waals surface area contributed by atoms with Crippen LogP contribution in [0.2, 0.25) is 0 Å². The van der Waals surface area contributed by atoms with Crippen LogP contribution < -0.4 is 0 Å². The molecule has 1 aromatic heterocycles. The zero-order chi connectivity index (χ0) is 10.8. The predicted octanol–water partition coefficient (Wildman–Crippen LogP) is 0.891. The van der Waals surface area contributed by atoms with Gasteiger partial charge in [-0.2, -0.15) is 5.10 Å². The number of hydrogen-bond donors (Lipinski definition) is 1. The Morgan fingerprint density at radius 2 is 2.47 bits per heavy atom. The molecule has 1 fully saturated rings. The molecule has 0 bridgehead atoms. The Bertz CT molecular complexity index is 324. The van der Waals surface area contributed by atoms with E-state index in [9.17, 15) is 5.11 Å². The molecule has 0 aliphatic carbocycles. The van der Waals surface area contributed by atoms with Crippen LogP contribution in [0.5, 0.6) is 0 Å². The number of aliphatic hydroxyl groups excluding tert-OH is 1. The van der Waals surface area contributed by atoms with Gasteiger partial charge in [-0.05, 0) is 25.8 Å². The zero-order valence-electron chi connectivity index (χ0n) is 9.26. The van der Waals surface area contributed by atoms with E-state index in [1.807, 2.05) is 26.2 Å². The molecule has 3 atom stereocenters. The van der Waals surface area contributed by atoms with Crippen molar-refractivity contribution in [2.75, 3.05) is 0 Å². The van der Waals surface area contributed by atoms with E-state index >= 15 is 0 Å².